The van der Waals surface area contributed by atoms with E-state index < -0.39 is 22.8 Å². The lowest BCUT2D eigenvalue weighted by Crippen LogP contribution is -2.44. The smallest absolute Gasteiger partial charge is 0.326 e. The second-order valence-electron chi connectivity index (χ2n) is 4.49. The molecule has 0 fully saturated rings. The second kappa shape index (κ2) is 6.33. The molecule has 0 saturated heterocycles. The van der Waals surface area contributed by atoms with E-state index in [0.29, 0.717) is 0 Å². The second-order valence-corrected chi connectivity index (χ2v) is 4.93. The Kier molecular flexibility index (Phi) is 5.04. The topological polar surface area (TPSA) is 110 Å². The summed E-state index contributed by atoms with van der Waals surface area (Å²) >= 11 is 5.70. The van der Waals surface area contributed by atoms with E-state index in [1.54, 1.807) is 13.8 Å². The highest BCUT2D eigenvalue weighted by Crippen LogP contribution is 2.21. The molecule has 8 heteroatoms. The number of halogens is 1. The molecule has 0 radical (unpaired) electrons. The van der Waals surface area contributed by atoms with Gasteiger partial charge >= 0.3 is 5.97 Å². The van der Waals surface area contributed by atoms with Crippen LogP contribution in [0.15, 0.2) is 18.2 Å². The number of nitro benzene ring substituents is 1. The molecule has 1 unspecified atom stereocenters. The minimum absolute atomic E-state index is 0.0285. The molecule has 1 amide bonds. The van der Waals surface area contributed by atoms with Gasteiger partial charge in [0.05, 0.1) is 4.92 Å². The summed E-state index contributed by atoms with van der Waals surface area (Å²) in [4.78, 5) is 32.9. The van der Waals surface area contributed by atoms with Crippen LogP contribution in [0, 0.1) is 16.0 Å². The Bertz CT molecular complexity index is 559. The number of non-ortho nitro benzene ring substituents is 1. The molecule has 0 aliphatic heterocycles. The van der Waals surface area contributed by atoms with Crippen molar-refractivity contribution in [2.45, 2.75) is 19.9 Å². The summed E-state index contributed by atoms with van der Waals surface area (Å²) in [6, 6.07) is 2.31. The predicted molar refractivity (Wildman–Crippen MR) is 71.8 cm³/mol. The lowest BCUT2D eigenvalue weighted by molar-refractivity contribution is -0.384. The molecule has 1 aromatic rings. The van der Waals surface area contributed by atoms with Crippen LogP contribution in [-0.4, -0.2) is 27.9 Å². The number of hydrogen-bond donors (Lipinski definition) is 2. The number of benzene rings is 1. The molecule has 0 aromatic heterocycles. The molecule has 108 valence electrons. The van der Waals surface area contributed by atoms with Crippen LogP contribution in [0.5, 0.6) is 0 Å². The zero-order valence-electron chi connectivity index (χ0n) is 10.8. The minimum Gasteiger partial charge on any atom is -0.480 e. The standard InChI is InChI=1S/C12H13ClN2O5/c1-6(2)10(12(17)18)14-11(16)7-3-8(13)5-9(4-7)15(19)20/h3-6,10H,1-2H3,(H,14,16)(H,17,18). The first-order chi connectivity index (χ1) is 9.22. The quantitative estimate of drug-likeness (QED) is 0.639. The van der Waals surface area contributed by atoms with Crippen LogP contribution in [-0.2, 0) is 4.79 Å². The van der Waals surface area contributed by atoms with Crippen molar-refractivity contribution < 1.29 is 19.6 Å². The number of carbonyl (C=O) groups is 2. The van der Waals surface area contributed by atoms with E-state index in [1.807, 2.05) is 0 Å². The van der Waals surface area contributed by atoms with Crippen LogP contribution in [0.1, 0.15) is 24.2 Å². The molecule has 2 N–H and O–H groups in total. The van der Waals surface area contributed by atoms with Gasteiger partial charge in [0.1, 0.15) is 6.04 Å². The van der Waals surface area contributed by atoms with Gasteiger partial charge in [-0.05, 0) is 12.0 Å². The number of carboxylic acid groups (broad SMARTS) is 1. The van der Waals surface area contributed by atoms with Crippen LogP contribution in [0.2, 0.25) is 5.02 Å². The number of amides is 1. The maximum Gasteiger partial charge on any atom is 0.326 e. The Morgan fingerprint density at radius 3 is 2.40 bits per heavy atom. The summed E-state index contributed by atoms with van der Waals surface area (Å²) in [6.45, 7) is 3.28. The molecule has 0 spiro atoms. The molecule has 0 aliphatic carbocycles. The number of nitrogens with zero attached hydrogens (tertiary/aromatic N) is 1. The van der Waals surface area contributed by atoms with Gasteiger partial charge in [-0.25, -0.2) is 4.79 Å². The molecular formula is C12H13ClN2O5. The normalized spacial score (nSPS) is 12.0. The van der Waals surface area contributed by atoms with Gasteiger partial charge in [-0.1, -0.05) is 25.4 Å². The third-order valence-corrected chi connectivity index (χ3v) is 2.79. The zero-order valence-corrected chi connectivity index (χ0v) is 11.5. The van der Waals surface area contributed by atoms with Crippen LogP contribution in [0.4, 0.5) is 5.69 Å². The number of rotatable bonds is 5. The predicted octanol–water partition coefficient (Wildman–Crippen LogP) is 2.09. The Balaban J connectivity index is 3.03. The maximum atomic E-state index is 11.9. The first kappa shape index (κ1) is 15.9. The lowest BCUT2D eigenvalue weighted by atomic mass is 10.0. The van der Waals surface area contributed by atoms with Crippen molar-refractivity contribution in [3.8, 4) is 0 Å². The van der Waals surface area contributed by atoms with Gasteiger partial charge in [-0.2, -0.15) is 0 Å². The first-order valence-corrected chi connectivity index (χ1v) is 6.08. The van der Waals surface area contributed by atoms with Gasteiger partial charge in [0.15, 0.2) is 0 Å². The van der Waals surface area contributed by atoms with Crippen LogP contribution >= 0.6 is 11.6 Å². The zero-order chi connectivity index (χ0) is 15.4. The van der Waals surface area contributed by atoms with Crippen LogP contribution in [0.3, 0.4) is 0 Å². The average Bonchev–Trinajstić information content (AvgIpc) is 2.33. The largest absolute Gasteiger partial charge is 0.480 e. The summed E-state index contributed by atoms with van der Waals surface area (Å²) in [6.07, 6.45) is 0. The number of aliphatic carboxylic acids is 1. The summed E-state index contributed by atoms with van der Waals surface area (Å²) in [5, 5.41) is 22.0. The fourth-order valence-corrected chi connectivity index (χ4v) is 1.78. The van der Waals surface area contributed by atoms with E-state index >= 15 is 0 Å². The van der Waals surface area contributed by atoms with Crippen molar-refractivity contribution in [3.63, 3.8) is 0 Å². The molecule has 0 saturated carbocycles. The number of nitrogens with one attached hydrogen (secondary N) is 1. The van der Waals surface area contributed by atoms with Gasteiger partial charge in [0.25, 0.3) is 11.6 Å². The summed E-state index contributed by atoms with van der Waals surface area (Å²) in [5.74, 6) is -2.23. The van der Waals surface area contributed by atoms with E-state index in [2.05, 4.69) is 5.32 Å². The molecule has 0 aliphatic rings. The van der Waals surface area contributed by atoms with Crippen molar-refractivity contribution in [2.24, 2.45) is 5.92 Å². The van der Waals surface area contributed by atoms with Crippen LogP contribution in [0.25, 0.3) is 0 Å². The fourth-order valence-electron chi connectivity index (χ4n) is 1.55. The van der Waals surface area contributed by atoms with Crippen molar-refractivity contribution in [1.82, 2.24) is 5.32 Å². The number of nitro groups is 1. The van der Waals surface area contributed by atoms with E-state index in [9.17, 15) is 19.7 Å². The lowest BCUT2D eigenvalue weighted by Gasteiger charge is -2.17. The van der Waals surface area contributed by atoms with Gasteiger partial charge < -0.3 is 10.4 Å². The summed E-state index contributed by atoms with van der Waals surface area (Å²) in [7, 11) is 0. The number of carboxylic acids is 1. The van der Waals surface area contributed by atoms with Crippen molar-refractivity contribution in [1.29, 1.82) is 0 Å². The number of carbonyl (C=O) groups excluding carboxylic acids is 1. The molecule has 1 rings (SSSR count). The van der Waals surface area contributed by atoms with Crippen molar-refractivity contribution >= 4 is 29.2 Å². The Morgan fingerprint density at radius 1 is 1.35 bits per heavy atom. The van der Waals surface area contributed by atoms with Crippen molar-refractivity contribution in [2.75, 3.05) is 0 Å². The molecular weight excluding hydrogens is 288 g/mol. The molecule has 0 heterocycles. The van der Waals surface area contributed by atoms with E-state index in [0.717, 1.165) is 12.1 Å². The third-order valence-electron chi connectivity index (χ3n) is 2.57. The average molecular weight is 301 g/mol. The summed E-state index contributed by atoms with van der Waals surface area (Å²) < 4.78 is 0. The van der Waals surface area contributed by atoms with E-state index in [1.165, 1.54) is 6.07 Å². The molecule has 7 nitrogen and oxygen atoms in total. The Labute approximate surface area is 119 Å². The molecule has 1 aromatic carbocycles. The van der Waals surface area contributed by atoms with Gasteiger partial charge in [-0.3, -0.25) is 14.9 Å². The maximum absolute atomic E-state index is 11.9. The highest BCUT2D eigenvalue weighted by Gasteiger charge is 2.24. The van der Waals surface area contributed by atoms with Gasteiger partial charge in [0, 0.05) is 22.7 Å². The molecule has 1 atom stereocenters. The first-order valence-electron chi connectivity index (χ1n) is 5.71. The molecule has 20 heavy (non-hydrogen) atoms. The highest BCUT2D eigenvalue weighted by atomic mass is 35.5. The Hall–Kier alpha value is -2.15. The van der Waals surface area contributed by atoms with Crippen molar-refractivity contribution in [3.05, 3.63) is 38.9 Å². The Morgan fingerprint density at radius 2 is 1.95 bits per heavy atom. The summed E-state index contributed by atoms with van der Waals surface area (Å²) in [5.41, 5.74) is -0.393. The third kappa shape index (κ3) is 3.92. The highest BCUT2D eigenvalue weighted by molar-refractivity contribution is 6.31. The fraction of sp³-hybridized carbons (Fsp3) is 0.333. The van der Waals surface area contributed by atoms with Crippen LogP contribution < -0.4 is 5.32 Å². The van der Waals surface area contributed by atoms with E-state index in [-0.39, 0.29) is 22.2 Å². The minimum atomic E-state index is -1.18. The van der Waals surface area contributed by atoms with E-state index in [4.69, 9.17) is 16.7 Å². The monoisotopic (exact) mass is 300 g/mol. The SMILES string of the molecule is CC(C)C(NC(=O)c1cc(Cl)cc([N+](=O)[O-])c1)C(=O)O. The molecule has 0 bridgehead atoms. The van der Waals surface area contributed by atoms with Gasteiger partial charge in [-0.15, -0.1) is 0 Å². The van der Waals surface area contributed by atoms with Gasteiger partial charge in [0.2, 0.25) is 0 Å². The number of hydrogen-bond acceptors (Lipinski definition) is 4.